The minimum atomic E-state index is 0.484. The van der Waals surface area contributed by atoms with Gasteiger partial charge in [0.15, 0.2) is 0 Å². The fourth-order valence-corrected chi connectivity index (χ4v) is 3.37. The summed E-state index contributed by atoms with van der Waals surface area (Å²) in [6, 6.07) is 15.6. The number of rotatable bonds is 3. The highest BCUT2D eigenvalue weighted by molar-refractivity contribution is 7.99. The molecule has 0 amide bonds. The van der Waals surface area contributed by atoms with E-state index in [1.54, 1.807) is 17.8 Å². The highest BCUT2D eigenvalue weighted by Crippen LogP contribution is 2.33. The van der Waals surface area contributed by atoms with Gasteiger partial charge < -0.3 is 5.73 Å². The zero-order valence-electron chi connectivity index (χ0n) is 11.0. The van der Waals surface area contributed by atoms with Gasteiger partial charge in [0.05, 0.1) is 15.6 Å². The molecule has 0 spiro atoms. The van der Waals surface area contributed by atoms with Crippen molar-refractivity contribution in [2.75, 3.05) is 0 Å². The minimum Gasteiger partial charge on any atom is -0.326 e. The number of benzene rings is 2. The molecule has 0 aliphatic rings. The molecule has 2 aromatic carbocycles. The molecule has 1 heterocycles. The van der Waals surface area contributed by atoms with Crippen LogP contribution >= 0.6 is 35.0 Å². The van der Waals surface area contributed by atoms with Gasteiger partial charge in [-0.3, -0.25) is 0 Å². The normalized spacial score (nSPS) is 11.0. The number of hydrogen-bond acceptors (Lipinski definition) is 3. The summed E-state index contributed by atoms with van der Waals surface area (Å²) >= 11 is 13.5. The van der Waals surface area contributed by atoms with E-state index in [0.29, 0.717) is 16.6 Å². The molecule has 0 atom stereocenters. The van der Waals surface area contributed by atoms with Gasteiger partial charge in [0.25, 0.3) is 0 Å². The maximum absolute atomic E-state index is 6.05. The summed E-state index contributed by atoms with van der Waals surface area (Å²) in [6.07, 6.45) is 0. The molecule has 0 aliphatic carbocycles. The van der Waals surface area contributed by atoms with Crippen molar-refractivity contribution in [2.45, 2.75) is 16.5 Å². The Morgan fingerprint density at radius 3 is 2.57 bits per heavy atom. The lowest BCUT2D eigenvalue weighted by atomic mass is 10.1. The third kappa shape index (κ3) is 3.16. The van der Waals surface area contributed by atoms with Crippen LogP contribution in [0.2, 0.25) is 10.0 Å². The Morgan fingerprint density at radius 1 is 1.00 bits per heavy atom. The van der Waals surface area contributed by atoms with Crippen molar-refractivity contribution in [3.05, 3.63) is 64.1 Å². The van der Waals surface area contributed by atoms with Crippen molar-refractivity contribution in [2.24, 2.45) is 5.73 Å². The molecule has 0 aliphatic heterocycles. The van der Waals surface area contributed by atoms with Crippen LogP contribution in [-0.4, -0.2) is 4.98 Å². The maximum atomic E-state index is 6.05. The Kier molecular flexibility index (Phi) is 4.36. The predicted molar refractivity (Wildman–Crippen MR) is 90.2 cm³/mol. The number of aromatic nitrogens is 1. The Labute approximate surface area is 137 Å². The molecule has 0 saturated carbocycles. The van der Waals surface area contributed by atoms with Gasteiger partial charge in [-0.2, -0.15) is 0 Å². The number of nitrogens with two attached hydrogens (primary N) is 1. The first-order chi connectivity index (χ1) is 10.2. The predicted octanol–water partition coefficient (Wildman–Crippen LogP) is 5.15. The average Bonchev–Trinajstić information content (AvgIpc) is 2.50. The van der Waals surface area contributed by atoms with E-state index < -0.39 is 0 Å². The molecule has 0 bridgehead atoms. The fourth-order valence-electron chi connectivity index (χ4n) is 2.10. The molecule has 21 heavy (non-hydrogen) atoms. The van der Waals surface area contributed by atoms with Crippen LogP contribution in [0.1, 0.15) is 5.56 Å². The number of fused-ring (bicyclic) bond motifs is 1. The second kappa shape index (κ2) is 6.24. The largest absolute Gasteiger partial charge is 0.326 e. The van der Waals surface area contributed by atoms with Crippen molar-refractivity contribution in [1.82, 2.24) is 4.98 Å². The summed E-state index contributed by atoms with van der Waals surface area (Å²) in [5.74, 6) is 0. The Bertz CT molecular complexity index is 805. The molecule has 0 fully saturated rings. The van der Waals surface area contributed by atoms with Crippen LogP contribution in [0.4, 0.5) is 0 Å². The Morgan fingerprint density at radius 2 is 1.81 bits per heavy atom. The second-order valence-electron chi connectivity index (χ2n) is 4.52. The number of hydrogen-bond donors (Lipinski definition) is 1. The van der Waals surface area contributed by atoms with Crippen LogP contribution < -0.4 is 5.73 Å². The van der Waals surface area contributed by atoms with Crippen molar-refractivity contribution < 1.29 is 0 Å². The molecule has 2 nitrogen and oxygen atoms in total. The number of nitrogens with zero attached hydrogens (tertiary/aromatic N) is 1. The van der Waals surface area contributed by atoms with Gasteiger partial charge in [-0.1, -0.05) is 53.2 Å². The van der Waals surface area contributed by atoms with Crippen molar-refractivity contribution in [3.63, 3.8) is 0 Å². The van der Waals surface area contributed by atoms with Crippen LogP contribution in [0.5, 0.6) is 0 Å². The summed E-state index contributed by atoms with van der Waals surface area (Å²) in [5.41, 5.74) is 7.88. The van der Waals surface area contributed by atoms with Gasteiger partial charge in [0.2, 0.25) is 0 Å². The van der Waals surface area contributed by atoms with Crippen molar-refractivity contribution >= 4 is 45.9 Å². The van der Waals surface area contributed by atoms with E-state index >= 15 is 0 Å². The number of pyridine rings is 1. The van der Waals surface area contributed by atoms with Crippen LogP contribution in [0.25, 0.3) is 10.9 Å². The van der Waals surface area contributed by atoms with Crippen molar-refractivity contribution in [1.29, 1.82) is 0 Å². The van der Waals surface area contributed by atoms with Gasteiger partial charge in [0.1, 0.15) is 5.03 Å². The van der Waals surface area contributed by atoms with Gasteiger partial charge in [0, 0.05) is 16.8 Å². The molecule has 5 heteroatoms. The van der Waals surface area contributed by atoms with Crippen molar-refractivity contribution in [3.8, 4) is 0 Å². The van der Waals surface area contributed by atoms with Crippen LogP contribution in [0.3, 0.4) is 0 Å². The fraction of sp³-hybridized carbons (Fsp3) is 0.0625. The molecular weight excluding hydrogens is 323 g/mol. The van der Waals surface area contributed by atoms with Crippen LogP contribution in [0.15, 0.2) is 58.5 Å². The molecule has 0 saturated heterocycles. The molecule has 1 aromatic heterocycles. The highest BCUT2D eigenvalue weighted by Gasteiger charge is 2.07. The topological polar surface area (TPSA) is 38.9 Å². The summed E-state index contributed by atoms with van der Waals surface area (Å²) in [7, 11) is 0. The first-order valence-corrected chi connectivity index (χ1v) is 7.96. The summed E-state index contributed by atoms with van der Waals surface area (Å²) in [5, 5.41) is 3.09. The van der Waals surface area contributed by atoms with E-state index in [0.717, 1.165) is 26.4 Å². The quantitative estimate of drug-likeness (QED) is 0.719. The summed E-state index contributed by atoms with van der Waals surface area (Å²) in [6.45, 7) is 0.484. The average molecular weight is 335 g/mol. The van der Waals surface area contributed by atoms with Gasteiger partial charge in [-0.05, 0) is 35.9 Å². The molecule has 3 aromatic rings. The standard InChI is InChI=1S/C16H12Cl2N2S/c17-13-6-5-11(8-14(13)18)21-16-7-10(9-19)12-3-1-2-4-15(12)20-16/h1-8H,9,19H2. The molecule has 0 unspecified atom stereocenters. The van der Waals surface area contributed by atoms with E-state index in [9.17, 15) is 0 Å². The zero-order chi connectivity index (χ0) is 14.8. The smallest absolute Gasteiger partial charge is 0.102 e. The van der Waals surface area contributed by atoms with E-state index in [1.165, 1.54) is 0 Å². The SMILES string of the molecule is NCc1cc(Sc2ccc(Cl)c(Cl)c2)nc2ccccc12. The second-order valence-corrected chi connectivity index (χ2v) is 6.43. The molecule has 106 valence electrons. The summed E-state index contributed by atoms with van der Waals surface area (Å²) < 4.78 is 0. The Balaban J connectivity index is 2.02. The summed E-state index contributed by atoms with van der Waals surface area (Å²) in [4.78, 5) is 5.66. The Hall–Kier alpha value is -1.26. The first-order valence-electron chi connectivity index (χ1n) is 6.39. The van der Waals surface area contributed by atoms with Gasteiger partial charge in [-0.25, -0.2) is 4.98 Å². The molecule has 3 rings (SSSR count). The van der Waals surface area contributed by atoms with Crippen LogP contribution in [0, 0.1) is 0 Å². The number of para-hydroxylation sites is 1. The van der Waals surface area contributed by atoms with Crippen LogP contribution in [-0.2, 0) is 6.54 Å². The van der Waals surface area contributed by atoms with E-state index in [2.05, 4.69) is 4.98 Å². The monoisotopic (exact) mass is 334 g/mol. The third-order valence-electron chi connectivity index (χ3n) is 3.11. The third-order valence-corrected chi connectivity index (χ3v) is 4.76. The highest BCUT2D eigenvalue weighted by atomic mass is 35.5. The van der Waals surface area contributed by atoms with Gasteiger partial charge in [-0.15, -0.1) is 0 Å². The first kappa shape index (κ1) is 14.7. The van der Waals surface area contributed by atoms with E-state index in [1.807, 2.05) is 42.5 Å². The molecule has 0 radical (unpaired) electrons. The van der Waals surface area contributed by atoms with E-state index in [-0.39, 0.29) is 0 Å². The lowest BCUT2D eigenvalue weighted by Gasteiger charge is -2.08. The number of halogens is 2. The lowest BCUT2D eigenvalue weighted by Crippen LogP contribution is -1.99. The zero-order valence-corrected chi connectivity index (χ0v) is 13.3. The molecule has 2 N–H and O–H groups in total. The lowest BCUT2D eigenvalue weighted by molar-refractivity contribution is 1.05. The minimum absolute atomic E-state index is 0.484. The molecular formula is C16H12Cl2N2S. The maximum Gasteiger partial charge on any atom is 0.102 e. The van der Waals surface area contributed by atoms with Gasteiger partial charge >= 0.3 is 0 Å². The van der Waals surface area contributed by atoms with E-state index in [4.69, 9.17) is 28.9 Å².